The largest absolute Gasteiger partial charge is 0.356 e. The first-order valence-corrected chi connectivity index (χ1v) is 8.14. The van der Waals surface area contributed by atoms with Gasteiger partial charge in [-0.3, -0.25) is 0 Å². The molecule has 2 N–H and O–H groups in total. The Kier molecular flexibility index (Phi) is 5.56. The fraction of sp³-hybridized carbons (Fsp3) is 0.316. The molecule has 116 valence electrons. The standard InChI is InChI=1S/C19H24N2S/c1-5-16-9-11-17(12-10-16)15(4)20-19(22)21-18-8-6-7-13(2)14(18)3/h6-12,15H,5H2,1-4H3,(H2,20,21,22)/t15-/m0/s1. The van der Waals surface area contributed by atoms with Crippen LogP contribution < -0.4 is 10.6 Å². The molecule has 2 aromatic carbocycles. The first-order valence-electron chi connectivity index (χ1n) is 7.73. The Balaban J connectivity index is 2.00. The van der Waals surface area contributed by atoms with Crippen LogP contribution in [0.25, 0.3) is 0 Å². The number of nitrogens with one attached hydrogen (secondary N) is 2. The highest BCUT2D eigenvalue weighted by atomic mass is 32.1. The highest BCUT2D eigenvalue weighted by Gasteiger charge is 2.08. The Morgan fingerprint density at radius 1 is 1.09 bits per heavy atom. The zero-order valence-corrected chi connectivity index (χ0v) is 14.6. The molecule has 3 heteroatoms. The molecule has 22 heavy (non-hydrogen) atoms. The van der Waals surface area contributed by atoms with Gasteiger partial charge in [-0.1, -0.05) is 43.3 Å². The molecule has 2 nitrogen and oxygen atoms in total. The van der Waals surface area contributed by atoms with Gasteiger partial charge in [-0.25, -0.2) is 0 Å². The second kappa shape index (κ2) is 7.41. The van der Waals surface area contributed by atoms with Crippen molar-refractivity contribution in [2.45, 2.75) is 40.2 Å². The van der Waals surface area contributed by atoms with Crippen molar-refractivity contribution in [1.29, 1.82) is 0 Å². The lowest BCUT2D eigenvalue weighted by molar-refractivity contribution is 0.722. The number of aryl methyl sites for hydroxylation is 2. The summed E-state index contributed by atoms with van der Waals surface area (Å²) in [6.45, 7) is 8.50. The fourth-order valence-corrected chi connectivity index (χ4v) is 2.65. The Labute approximate surface area is 139 Å². The lowest BCUT2D eigenvalue weighted by atomic mass is 10.1. The van der Waals surface area contributed by atoms with Gasteiger partial charge in [0.2, 0.25) is 0 Å². The van der Waals surface area contributed by atoms with E-state index in [1.54, 1.807) is 0 Å². The van der Waals surface area contributed by atoms with E-state index in [-0.39, 0.29) is 6.04 Å². The maximum Gasteiger partial charge on any atom is 0.171 e. The summed E-state index contributed by atoms with van der Waals surface area (Å²) in [7, 11) is 0. The minimum Gasteiger partial charge on any atom is -0.356 e. The molecule has 0 radical (unpaired) electrons. The van der Waals surface area contributed by atoms with Crippen molar-refractivity contribution < 1.29 is 0 Å². The molecule has 1 atom stereocenters. The van der Waals surface area contributed by atoms with E-state index in [1.165, 1.54) is 22.3 Å². The molecule has 0 amide bonds. The molecule has 0 saturated carbocycles. The van der Waals surface area contributed by atoms with Crippen molar-refractivity contribution in [2.24, 2.45) is 0 Å². The summed E-state index contributed by atoms with van der Waals surface area (Å²) in [4.78, 5) is 0. The third-order valence-corrected chi connectivity index (χ3v) is 4.31. The van der Waals surface area contributed by atoms with Crippen molar-refractivity contribution in [3.05, 3.63) is 64.7 Å². The second-order valence-electron chi connectivity index (χ2n) is 5.66. The van der Waals surface area contributed by atoms with Crippen LogP contribution >= 0.6 is 12.2 Å². The normalized spacial score (nSPS) is 11.8. The molecule has 0 aliphatic rings. The average molecular weight is 312 g/mol. The number of hydrogen-bond acceptors (Lipinski definition) is 1. The minimum absolute atomic E-state index is 0.177. The molecule has 0 aliphatic heterocycles. The van der Waals surface area contributed by atoms with Gasteiger partial charge < -0.3 is 10.6 Å². The summed E-state index contributed by atoms with van der Waals surface area (Å²) in [6.07, 6.45) is 1.06. The van der Waals surface area contributed by atoms with E-state index in [4.69, 9.17) is 12.2 Å². The van der Waals surface area contributed by atoms with Crippen LogP contribution in [-0.4, -0.2) is 5.11 Å². The lowest BCUT2D eigenvalue weighted by Gasteiger charge is -2.19. The average Bonchev–Trinajstić information content (AvgIpc) is 2.52. The zero-order valence-electron chi connectivity index (χ0n) is 13.7. The quantitative estimate of drug-likeness (QED) is 0.784. The van der Waals surface area contributed by atoms with Crippen molar-refractivity contribution in [1.82, 2.24) is 5.32 Å². The Morgan fingerprint density at radius 2 is 1.77 bits per heavy atom. The van der Waals surface area contributed by atoms with E-state index >= 15 is 0 Å². The minimum atomic E-state index is 0.177. The van der Waals surface area contributed by atoms with Gasteiger partial charge in [0.1, 0.15) is 0 Å². The number of hydrogen-bond donors (Lipinski definition) is 2. The van der Waals surface area contributed by atoms with Crippen molar-refractivity contribution in [3.8, 4) is 0 Å². The number of benzene rings is 2. The summed E-state index contributed by atoms with van der Waals surface area (Å²) in [5, 5.41) is 7.30. The summed E-state index contributed by atoms with van der Waals surface area (Å²) >= 11 is 5.44. The fourth-order valence-electron chi connectivity index (χ4n) is 2.37. The van der Waals surface area contributed by atoms with Crippen LogP contribution in [0.2, 0.25) is 0 Å². The molecule has 0 fully saturated rings. The van der Waals surface area contributed by atoms with Gasteiger partial charge in [-0.15, -0.1) is 0 Å². The molecule has 2 rings (SSSR count). The van der Waals surface area contributed by atoms with Gasteiger partial charge in [-0.05, 0) is 67.7 Å². The predicted molar refractivity (Wildman–Crippen MR) is 99.5 cm³/mol. The van der Waals surface area contributed by atoms with E-state index in [9.17, 15) is 0 Å². The van der Waals surface area contributed by atoms with Crippen LogP contribution in [0.1, 0.15) is 42.1 Å². The van der Waals surface area contributed by atoms with E-state index in [0.717, 1.165) is 12.1 Å². The van der Waals surface area contributed by atoms with Crippen molar-refractivity contribution >= 4 is 23.0 Å². The Hall–Kier alpha value is -1.87. The molecule has 0 heterocycles. The van der Waals surface area contributed by atoms with Gasteiger partial charge in [0.25, 0.3) is 0 Å². The molecule has 0 aliphatic carbocycles. The number of rotatable bonds is 4. The molecular weight excluding hydrogens is 288 g/mol. The summed E-state index contributed by atoms with van der Waals surface area (Å²) in [6, 6.07) is 15.1. The van der Waals surface area contributed by atoms with Gasteiger partial charge in [0.15, 0.2) is 5.11 Å². The van der Waals surface area contributed by atoms with Crippen LogP contribution in [0.15, 0.2) is 42.5 Å². The third kappa shape index (κ3) is 4.08. The highest BCUT2D eigenvalue weighted by molar-refractivity contribution is 7.80. The van der Waals surface area contributed by atoms with E-state index < -0.39 is 0 Å². The Bertz CT molecular complexity index is 647. The predicted octanol–water partition coefficient (Wildman–Crippen LogP) is 4.91. The molecule has 0 saturated heterocycles. The first-order chi connectivity index (χ1) is 10.5. The first kappa shape index (κ1) is 16.5. The summed E-state index contributed by atoms with van der Waals surface area (Å²) in [5.41, 5.74) is 6.14. The van der Waals surface area contributed by atoms with Gasteiger partial charge in [0.05, 0.1) is 6.04 Å². The van der Waals surface area contributed by atoms with E-state index in [1.807, 2.05) is 6.07 Å². The molecule has 0 bridgehead atoms. The van der Waals surface area contributed by atoms with Crippen LogP contribution in [0, 0.1) is 13.8 Å². The number of thiocarbonyl (C=S) groups is 1. The van der Waals surface area contributed by atoms with Gasteiger partial charge >= 0.3 is 0 Å². The molecule has 0 unspecified atom stereocenters. The second-order valence-corrected chi connectivity index (χ2v) is 6.07. The van der Waals surface area contributed by atoms with Crippen LogP contribution in [0.3, 0.4) is 0 Å². The zero-order chi connectivity index (χ0) is 16.1. The summed E-state index contributed by atoms with van der Waals surface area (Å²) in [5.74, 6) is 0. The SMILES string of the molecule is CCc1ccc([C@H](C)NC(=S)Nc2cccc(C)c2C)cc1. The molecule has 0 aromatic heterocycles. The van der Waals surface area contributed by atoms with Crippen molar-refractivity contribution in [3.63, 3.8) is 0 Å². The van der Waals surface area contributed by atoms with Crippen molar-refractivity contribution in [2.75, 3.05) is 5.32 Å². The van der Waals surface area contributed by atoms with E-state index in [0.29, 0.717) is 5.11 Å². The number of anilines is 1. The monoisotopic (exact) mass is 312 g/mol. The van der Waals surface area contributed by atoms with Crippen LogP contribution in [-0.2, 0) is 6.42 Å². The summed E-state index contributed by atoms with van der Waals surface area (Å²) < 4.78 is 0. The topological polar surface area (TPSA) is 24.1 Å². The lowest BCUT2D eigenvalue weighted by Crippen LogP contribution is -2.31. The highest BCUT2D eigenvalue weighted by Crippen LogP contribution is 2.19. The maximum absolute atomic E-state index is 5.44. The smallest absolute Gasteiger partial charge is 0.171 e. The van der Waals surface area contributed by atoms with Gasteiger partial charge in [0, 0.05) is 5.69 Å². The van der Waals surface area contributed by atoms with Crippen LogP contribution in [0.4, 0.5) is 5.69 Å². The molecule has 2 aromatic rings. The Morgan fingerprint density at radius 3 is 2.41 bits per heavy atom. The van der Waals surface area contributed by atoms with E-state index in [2.05, 4.69) is 74.7 Å². The van der Waals surface area contributed by atoms with Crippen LogP contribution in [0.5, 0.6) is 0 Å². The third-order valence-electron chi connectivity index (χ3n) is 4.09. The molecular formula is C19H24N2S. The molecule has 0 spiro atoms. The maximum atomic E-state index is 5.44. The van der Waals surface area contributed by atoms with Gasteiger partial charge in [-0.2, -0.15) is 0 Å².